The maximum Gasteiger partial charge on any atom is 0.418 e. The molecule has 27 heavy (non-hydrogen) atoms. The average Bonchev–Trinajstić information content (AvgIpc) is 3.11. The van der Waals surface area contributed by atoms with E-state index >= 15 is 0 Å². The van der Waals surface area contributed by atoms with E-state index in [1.54, 1.807) is 6.07 Å². The van der Waals surface area contributed by atoms with Crippen LogP contribution in [0.3, 0.4) is 0 Å². The highest BCUT2D eigenvalue weighted by Gasteiger charge is 2.33. The summed E-state index contributed by atoms with van der Waals surface area (Å²) >= 11 is 0. The van der Waals surface area contributed by atoms with E-state index in [2.05, 4.69) is 5.32 Å². The van der Waals surface area contributed by atoms with E-state index in [-0.39, 0.29) is 22.8 Å². The largest absolute Gasteiger partial charge is 0.451 e. The fraction of sp³-hybridized carbons (Fsp3) is 0.0556. The number of nitro benzene ring substituents is 1. The van der Waals surface area contributed by atoms with Gasteiger partial charge in [-0.15, -0.1) is 0 Å². The highest BCUT2D eigenvalue weighted by atomic mass is 19.4. The van der Waals surface area contributed by atoms with Crippen molar-refractivity contribution < 1.29 is 27.3 Å². The van der Waals surface area contributed by atoms with E-state index in [4.69, 9.17) is 4.42 Å². The average molecular weight is 376 g/mol. The molecule has 0 unspecified atom stereocenters. The molecule has 3 aromatic rings. The number of nitrogens with zero attached hydrogens (tertiary/aromatic N) is 1. The van der Waals surface area contributed by atoms with Gasteiger partial charge in [-0.05, 0) is 30.3 Å². The summed E-state index contributed by atoms with van der Waals surface area (Å²) < 4.78 is 44.3. The van der Waals surface area contributed by atoms with Gasteiger partial charge in [-0.3, -0.25) is 14.9 Å². The fourth-order valence-corrected chi connectivity index (χ4v) is 2.47. The van der Waals surface area contributed by atoms with Gasteiger partial charge in [-0.25, -0.2) is 0 Å². The van der Waals surface area contributed by atoms with E-state index in [9.17, 15) is 28.1 Å². The van der Waals surface area contributed by atoms with Gasteiger partial charge in [0.2, 0.25) is 0 Å². The summed E-state index contributed by atoms with van der Waals surface area (Å²) in [6, 6.07) is 12.8. The first-order valence-electron chi connectivity index (χ1n) is 7.58. The zero-order valence-electron chi connectivity index (χ0n) is 13.5. The van der Waals surface area contributed by atoms with Crippen LogP contribution >= 0.6 is 0 Å². The van der Waals surface area contributed by atoms with Crippen molar-refractivity contribution in [3.05, 3.63) is 82.1 Å². The number of carbonyl (C=O) groups is 1. The third-order valence-electron chi connectivity index (χ3n) is 3.68. The number of amides is 1. The summed E-state index contributed by atoms with van der Waals surface area (Å²) in [5.74, 6) is -1.13. The molecule has 138 valence electrons. The van der Waals surface area contributed by atoms with Gasteiger partial charge in [0.25, 0.3) is 11.6 Å². The monoisotopic (exact) mass is 376 g/mol. The summed E-state index contributed by atoms with van der Waals surface area (Å²) in [4.78, 5) is 22.7. The van der Waals surface area contributed by atoms with E-state index in [1.807, 2.05) is 0 Å². The molecule has 0 saturated carbocycles. The van der Waals surface area contributed by atoms with Crippen LogP contribution in [0.1, 0.15) is 16.1 Å². The van der Waals surface area contributed by atoms with E-state index < -0.39 is 28.3 Å². The first-order chi connectivity index (χ1) is 12.8. The number of anilines is 1. The number of rotatable bonds is 4. The normalized spacial score (nSPS) is 11.2. The number of hydrogen-bond acceptors (Lipinski definition) is 4. The number of furan rings is 1. The minimum atomic E-state index is -4.64. The quantitative estimate of drug-likeness (QED) is 0.505. The number of para-hydroxylation sites is 2. The number of halogens is 3. The summed E-state index contributed by atoms with van der Waals surface area (Å²) in [5, 5.41) is 13.2. The van der Waals surface area contributed by atoms with Crippen LogP contribution in [-0.2, 0) is 6.18 Å². The highest BCUT2D eigenvalue weighted by Crippen LogP contribution is 2.35. The minimum absolute atomic E-state index is 0.0524. The zero-order chi connectivity index (χ0) is 19.6. The summed E-state index contributed by atoms with van der Waals surface area (Å²) in [6.45, 7) is 0. The molecule has 3 rings (SSSR count). The molecule has 0 aliphatic carbocycles. The number of nitro groups is 1. The van der Waals surface area contributed by atoms with E-state index in [0.717, 1.165) is 12.1 Å². The predicted octanol–water partition coefficient (Wildman–Crippen LogP) is 5.13. The van der Waals surface area contributed by atoms with Crippen molar-refractivity contribution in [3.8, 4) is 11.3 Å². The van der Waals surface area contributed by atoms with Gasteiger partial charge in [0.05, 0.1) is 21.7 Å². The maximum absolute atomic E-state index is 13.0. The van der Waals surface area contributed by atoms with Gasteiger partial charge in [0.15, 0.2) is 5.76 Å². The molecule has 1 N–H and O–H groups in total. The smallest absolute Gasteiger partial charge is 0.418 e. The number of alkyl halides is 3. The first kappa shape index (κ1) is 18.2. The molecule has 0 aliphatic rings. The molecular weight excluding hydrogens is 365 g/mol. The fourth-order valence-electron chi connectivity index (χ4n) is 2.47. The lowest BCUT2D eigenvalue weighted by atomic mass is 10.1. The van der Waals surface area contributed by atoms with Crippen LogP contribution in [0.15, 0.2) is 65.1 Å². The second-order valence-electron chi connectivity index (χ2n) is 5.44. The number of carbonyl (C=O) groups excluding carboxylic acids is 1. The van der Waals surface area contributed by atoms with Crippen molar-refractivity contribution in [1.82, 2.24) is 0 Å². The van der Waals surface area contributed by atoms with Crippen molar-refractivity contribution >= 4 is 17.3 Å². The van der Waals surface area contributed by atoms with Crippen molar-refractivity contribution in [2.24, 2.45) is 0 Å². The lowest BCUT2D eigenvalue weighted by Crippen LogP contribution is -2.16. The Balaban J connectivity index is 1.89. The molecular formula is C18H11F3N2O4. The third kappa shape index (κ3) is 3.81. The Bertz CT molecular complexity index is 1010. The first-order valence-corrected chi connectivity index (χ1v) is 7.58. The van der Waals surface area contributed by atoms with Crippen LogP contribution in [0.4, 0.5) is 24.5 Å². The van der Waals surface area contributed by atoms with Crippen LogP contribution in [0.2, 0.25) is 0 Å². The van der Waals surface area contributed by atoms with Crippen LogP contribution in [0.25, 0.3) is 11.3 Å². The Morgan fingerprint density at radius 2 is 1.67 bits per heavy atom. The van der Waals surface area contributed by atoms with Crippen molar-refractivity contribution in [2.45, 2.75) is 6.18 Å². The zero-order valence-corrected chi connectivity index (χ0v) is 13.5. The lowest BCUT2D eigenvalue weighted by molar-refractivity contribution is -0.384. The standard InChI is InChI=1S/C18H11F3N2O4/c19-18(20,21)12-6-2-3-7-13(12)22-17(24)16-10-9-15(27-16)11-5-1-4-8-14(11)23(25)26/h1-10H,(H,22,24). The molecule has 0 fully saturated rings. The number of hydrogen-bond donors (Lipinski definition) is 1. The van der Waals surface area contributed by atoms with Crippen LogP contribution in [-0.4, -0.2) is 10.8 Å². The molecule has 6 nitrogen and oxygen atoms in total. The SMILES string of the molecule is O=C(Nc1ccccc1C(F)(F)F)c1ccc(-c2ccccc2[N+](=O)[O-])o1. The summed E-state index contributed by atoms with van der Waals surface area (Å²) in [7, 11) is 0. The van der Waals surface area contributed by atoms with Crippen LogP contribution in [0, 0.1) is 10.1 Å². The van der Waals surface area contributed by atoms with Crippen molar-refractivity contribution in [1.29, 1.82) is 0 Å². The summed E-state index contributed by atoms with van der Waals surface area (Å²) in [5.41, 5.74) is -1.49. The van der Waals surface area contributed by atoms with Gasteiger partial charge in [0, 0.05) is 6.07 Å². The summed E-state index contributed by atoms with van der Waals surface area (Å²) in [6.07, 6.45) is -4.64. The Morgan fingerprint density at radius 1 is 1.00 bits per heavy atom. The molecule has 1 heterocycles. The molecule has 1 amide bonds. The lowest BCUT2D eigenvalue weighted by Gasteiger charge is -2.12. The van der Waals surface area contributed by atoms with Gasteiger partial charge < -0.3 is 9.73 Å². The number of benzene rings is 2. The second kappa shape index (κ2) is 6.94. The Labute approximate surface area is 150 Å². The topological polar surface area (TPSA) is 85.4 Å². The molecule has 0 spiro atoms. The van der Waals surface area contributed by atoms with Gasteiger partial charge in [0.1, 0.15) is 5.76 Å². The van der Waals surface area contributed by atoms with Crippen molar-refractivity contribution in [2.75, 3.05) is 5.32 Å². The van der Waals surface area contributed by atoms with Gasteiger partial charge >= 0.3 is 6.18 Å². The second-order valence-corrected chi connectivity index (χ2v) is 5.44. The molecule has 0 bridgehead atoms. The Morgan fingerprint density at radius 3 is 2.37 bits per heavy atom. The molecule has 0 aliphatic heterocycles. The van der Waals surface area contributed by atoms with Crippen LogP contribution < -0.4 is 5.32 Å². The molecule has 0 saturated heterocycles. The van der Waals surface area contributed by atoms with Gasteiger partial charge in [-0.2, -0.15) is 13.2 Å². The van der Waals surface area contributed by atoms with Crippen LogP contribution in [0.5, 0.6) is 0 Å². The number of nitrogens with one attached hydrogen (secondary N) is 1. The maximum atomic E-state index is 13.0. The van der Waals surface area contributed by atoms with E-state index in [1.165, 1.54) is 42.5 Å². The predicted molar refractivity (Wildman–Crippen MR) is 90.2 cm³/mol. The van der Waals surface area contributed by atoms with Crippen molar-refractivity contribution in [3.63, 3.8) is 0 Å². The minimum Gasteiger partial charge on any atom is -0.451 e. The van der Waals surface area contributed by atoms with Gasteiger partial charge in [-0.1, -0.05) is 24.3 Å². The van der Waals surface area contributed by atoms with E-state index in [0.29, 0.717) is 0 Å². The molecule has 2 aromatic carbocycles. The molecule has 0 atom stereocenters. The third-order valence-corrected chi connectivity index (χ3v) is 3.68. The Hall–Kier alpha value is -3.62. The highest BCUT2D eigenvalue weighted by molar-refractivity contribution is 6.03. The molecule has 1 aromatic heterocycles. The Kier molecular flexibility index (Phi) is 4.68. The molecule has 0 radical (unpaired) electrons. The molecule has 9 heteroatoms.